The number of rotatable bonds is 5. The van der Waals surface area contributed by atoms with Crippen LogP contribution in [0.15, 0.2) is 30.4 Å². The van der Waals surface area contributed by atoms with E-state index in [1.54, 1.807) is 16.9 Å². The number of ether oxygens (including phenoxy) is 1. The fourth-order valence-corrected chi connectivity index (χ4v) is 3.90. The minimum Gasteiger partial charge on any atom is -0.496 e. The number of nitrogens with zero attached hydrogens (tertiary/aromatic N) is 5. The summed E-state index contributed by atoms with van der Waals surface area (Å²) in [4.78, 5) is 4.50. The van der Waals surface area contributed by atoms with E-state index in [0.717, 1.165) is 29.9 Å². The predicted molar refractivity (Wildman–Crippen MR) is 96.9 cm³/mol. The number of nitrogens with one attached hydrogen (secondary N) is 1. The van der Waals surface area contributed by atoms with E-state index in [4.69, 9.17) is 4.74 Å². The maximum Gasteiger partial charge on any atom is 0.211 e. The summed E-state index contributed by atoms with van der Waals surface area (Å²) >= 11 is 0. The Bertz CT molecular complexity index is 995. The van der Waals surface area contributed by atoms with Crippen LogP contribution in [0.4, 0.5) is 5.95 Å². The minimum atomic E-state index is -3.17. The van der Waals surface area contributed by atoms with Gasteiger partial charge in [-0.1, -0.05) is 6.08 Å². The molecule has 0 unspecified atom stereocenters. The van der Waals surface area contributed by atoms with Gasteiger partial charge in [0.05, 0.1) is 19.4 Å². The molecule has 0 bridgehead atoms. The average molecular weight is 376 g/mol. The van der Waals surface area contributed by atoms with E-state index < -0.39 is 10.0 Å². The van der Waals surface area contributed by atoms with Crippen LogP contribution in [0.2, 0.25) is 0 Å². The van der Waals surface area contributed by atoms with Gasteiger partial charge in [0, 0.05) is 31.3 Å². The molecule has 0 spiro atoms. The quantitative estimate of drug-likeness (QED) is 0.827. The molecule has 9 nitrogen and oxygen atoms in total. The van der Waals surface area contributed by atoms with E-state index >= 15 is 0 Å². The van der Waals surface area contributed by atoms with Gasteiger partial charge >= 0.3 is 0 Å². The zero-order valence-corrected chi connectivity index (χ0v) is 15.2. The summed E-state index contributed by atoms with van der Waals surface area (Å²) in [7, 11) is -3.17. The van der Waals surface area contributed by atoms with Gasteiger partial charge in [-0.15, -0.1) is 10.2 Å². The highest BCUT2D eigenvalue weighted by Gasteiger charge is 2.22. The number of fused-ring (bicyclic) bond motifs is 1. The Morgan fingerprint density at radius 1 is 1.35 bits per heavy atom. The summed E-state index contributed by atoms with van der Waals surface area (Å²) in [5, 5.41) is 11.5. The van der Waals surface area contributed by atoms with E-state index in [9.17, 15) is 8.42 Å². The van der Waals surface area contributed by atoms with Crippen molar-refractivity contribution in [3.05, 3.63) is 36.0 Å². The molecule has 2 aromatic heterocycles. The van der Waals surface area contributed by atoms with Crippen molar-refractivity contribution in [1.29, 1.82) is 0 Å². The van der Waals surface area contributed by atoms with Gasteiger partial charge < -0.3 is 10.1 Å². The molecule has 26 heavy (non-hydrogen) atoms. The number of hydrogen-bond donors (Lipinski definition) is 1. The summed E-state index contributed by atoms with van der Waals surface area (Å²) < 4.78 is 32.1. The summed E-state index contributed by atoms with van der Waals surface area (Å²) in [6.07, 6.45) is 10.1. The van der Waals surface area contributed by atoms with Crippen molar-refractivity contribution in [2.45, 2.75) is 12.8 Å². The third-order valence-corrected chi connectivity index (χ3v) is 5.79. The lowest BCUT2D eigenvalue weighted by molar-refractivity contribution is 0.243. The molecule has 0 aromatic carbocycles. The SMILES string of the molecule is CS(=O)(=O)N1CC=C(c2cnc(NCC3=CCCO3)n3cnnc23)CC1. The minimum absolute atomic E-state index is 0.361. The van der Waals surface area contributed by atoms with Crippen molar-refractivity contribution >= 4 is 27.2 Å². The van der Waals surface area contributed by atoms with Crippen LogP contribution in [0.5, 0.6) is 0 Å². The van der Waals surface area contributed by atoms with Crippen LogP contribution < -0.4 is 5.32 Å². The zero-order valence-electron chi connectivity index (χ0n) is 14.4. The van der Waals surface area contributed by atoms with Crippen LogP contribution in [0.25, 0.3) is 11.2 Å². The van der Waals surface area contributed by atoms with E-state index in [1.165, 1.54) is 10.6 Å². The lowest BCUT2D eigenvalue weighted by atomic mass is 10.0. The third kappa shape index (κ3) is 3.29. The molecule has 0 atom stereocenters. The topological polar surface area (TPSA) is 102 Å². The Kier molecular flexibility index (Phi) is 4.37. The van der Waals surface area contributed by atoms with E-state index in [1.807, 2.05) is 6.08 Å². The molecule has 2 aliphatic heterocycles. The lowest BCUT2D eigenvalue weighted by Gasteiger charge is -2.24. The van der Waals surface area contributed by atoms with Gasteiger partial charge in [0.15, 0.2) is 5.65 Å². The summed E-state index contributed by atoms with van der Waals surface area (Å²) in [6, 6.07) is 0. The van der Waals surface area contributed by atoms with Crippen LogP contribution in [-0.4, -0.2) is 64.8 Å². The molecule has 10 heteroatoms. The first kappa shape index (κ1) is 17.0. The Morgan fingerprint density at radius 3 is 2.92 bits per heavy atom. The molecule has 0 saturated heterocycles. The standard InChI is InChI=1S/C16H20N6O3S/c1-26(23,24)21-6-4-12(5-7-21)14-10-18-16(22-11-19-20-15(14)22)17-9-13-3-2-8-25-13/h3-4,10-11H,2,5-9H2,1H3,(H,17,18). The third-order valence-electron chi connectivity index (χ3n) is 4.52. The Balaban J connectivity index is 1.59. The Morgan fingerprint density at radius 2 is 2.23 bits per heavy atom. The second-order valence-corrected chi connectivity index (χ2v) is 8.26. The normalized spacial score (nSPS) is 18.5. The molecule has 4 heterocycles. The first-order valence-corrected chi connectivity index (χ1v) is 10.3. The molecule has 0 fully saturated rings. The molecule has 1 N–H and O–H groups in total. The maximum atomic E-state index is 11.7. The first-order valence-electron chi connectivity index (χ1n) is 8.41. The fourth-order valence-electron chi connectivity index (χ4n) is 3.13. The second kappa shape index (κ2) is 6.69. The molecule has 138 valence electrons. The van der Waals surface area contributed by atoms with Crippen LogP contribution in [0.1, 0.15) is 18.4 Å². The number of sulfonamides is 1. The molecule has 2 aliphatic rings. The van der Waals surface area contributed by atoms with Gasteiger partial charge in [0.1, 0.15) is 12.1 Å². The number of aromatic nitrogens is 4. The van der Waals surface area contributed by atoms with Crippen molar-refractivity contribution in [1.82, 2.24) is 23.9 Å². The fraction of sp³-hybridized carbons (Fsp3) is 0.438. The molecule has 0 amide bonds. The Labute approximate surface area is 151 Å². The summed E-state index contributed by atoms with van der Waals surface area (Å²) in [5.41, 5.74) is 2.60. The smallest absolute Gasteiger partial charge is 0.211 e. The van der Waals surface area contributed by atoms with Crippen molar-refractivity contribution in [3.63, 3.8) is 0 Å². The first-order chi connectivity index (χ1) is 12.5. The molecule has 0 aliphatic carbocycles. The average Bonchev–Trinajstić information content (AvgIpc) is 3.31. The monoisotopic (exact) mass is 376 g/mol. The van der Waals surface area contributed by atoms with Gasteiger partial charge in [-0.3, -0.25) is 4.40 Å². The van der Waals surface area contributed by atoms with Crippen molar-refractivity contribution < 1.29 is 13.2 Å². The van der Waals surface area contributed by atoms with Crippen molar-refractivity contribution in [2.75, 3.05) is 37.8 Å². The molecule has 0 saturated carbocycles. The van der Waals surface area contributed by atoms with E-state index in [0.29, 0.717) is 37.7 Å². The molecule has 0 radical (unpaired) electrons. The van der Waals surface area contributed by atoms with Crippen LogP contribution in [0.3, 0.4) is 0 Å². The highest BCUT2D eigenvalue weighted by atomic mass is 32.2. The van der Waals surface area contributed by atoms with Gasteiger partial charge in [-0.25, -0.2) is 13.4 Å². The number of anilines is 1. The van der Waals surface area contributed by atoms with Gasteiger partial charge in [-0.05, 0) is 18.1 Å². The Hall–Kier alpha value is -2.46. The largest absolute Gasteiger partial charge is 0.496 e. The maximum absolute atomic E-state index is 11.7. The lowest BCUT2D eigenvalue weighted by Crippen LogP contribution is -2.33. The van der Waals surface area contributed by atoms with Crippen molar-refractivity contribution in [2.24, 2.45) is 0 Å². The van der Waals surface area contributed by atoms with E-state index in [-0.39, 0.29) is 0 Å². The van der Waals surface area contributed by atoms with Crippen LogP contribution in [0, 0.1) is 0 Å². The highest BCUT2D eigenvalue weighted by molar-refractivity contribution is 7.88. The summed E-state index contributed by atoms with van der Waals surface area (Å²) in [5.74, 6) is 1.55. The second-order valence-electron chi connectivity index (χ2n) is 6.28. The molecule has 4 rings (SSSR count). The van der Waals surface area contributed by atoms with Crippen LogP contribution in [-0.2, 0) is 14.8 Å². The van der Waals surface area contributed by atoms with E-state index in [2.05, 4.69) is 26.6 Å². The van der Waals surface area contributed by atoms with Gasteiger partial charge in [-0.2, -0.15) is 4.31 Å². The van der Waals surface area contributed by atoms with Gasteiger partial charge in [0.25, 0.3) is 0 Å². The number of hydrogen-bond acceptors (Lipinski definition) is 7. The van der Waals surface area contributed by atoms with Gasteiger partial charge in [0.2, 0.25) is 16.0 Å². The molecule has 2 aromatic rings. The predicted octanol–water partition coefficient (Wildman–Crippen LogP) is 0.889. The van der Waals surface area contributed by atoms with Crippen LogP contribution >= 0.6 is 0 Å². The summed E-state index contributed by atoms with van der Waals surface area (Å²) in [6.45, 7) is 2.10. The zero-order chi connectivity index (χ0) is 18.1. The highest BCUT2D eigenvalue weighted by Crippen LogP contribution is 2.26. The molecular formula is C16H20N6O3S. The van der Waals surface area contributed by atoms with Crippen molar-refractivity contribution in [3.8, 4) is 0 Å². The molecular weight excluding hydrogens is 356 g/mol.